The lowest BCUT2D eigenvalue weighted by Gasteiger charge is -2.30. The maximum Gasteiger partial charge on any atom is 0.243 e. The molecule has 0 bridgehead atoms. The van der Waals surface area contributed by atoms with Crippen molar-refractivity contribution in [2.45, 2.75) is 70.2 Å². The van der Waals surface area contributed by atoms with Crippen LogP contribution in [0, 0.1) is 5.92 Å². The molecule has 3 rings (SSSR count). The number of aryl methyl sites for hydroxylation is 1. The van der Waals surface area contributed by atoms with Gasteiger partial charge < -0.3 is 30.4 Å². The number of hydrogen-bond acceptors (Lipinski definition) is 6. The molecule has 0 radical (unpaired) electrons. The van der Waals surface area contributed by atoms with E-state index >= 15 is 0 Å². The summed E-state index contributed by atoms with van der Waals surface area (Å²) in [6, 6.07) is 5.61. The summed E-state index contributed by atoms with van der Waals surface area (Å²) in [5, 5.41) is 8.80. The first-order chi connectivity index (χ1) is 16.3. The molecule has 0 spiro atoms. The maximum absolute atomic E-state index is 13.3. The Bertz CT molecular complexity index is 888. The number of nitrogens with zero attached hydrogens (tertiary/aromatic N) is 1. The minimum atomic E-state index is -0.983. The number of rotatable bonds is 3. The summed E-state index contributed by atoms with van der Waals surface area (Å²) in [6.45, 7) is 4.47. The number of carbonyl (C=O) groups excluding carboxylic acids is 4. The van der Waals surface area contributed by atoms with Crippen molar-refractivity contribution in [1.82, 2.24) is 20.9 Å². The number of amides is 3. The Labute approximate surface area is 201 Å². The smallest absolute Gasteiger partial charge is 0.243 e. The number of fused-ring (bicyclic) bond motifs is 1. The predicted octanol–water partition coefficient (Wildman–Crippen LogP) is 0.805. The lowest BCUT2D eigenvalue weighted by atomic mass is 10.1. The average Bonchev–Trinajstić information content (AvgIpc) is 3.66. The average molecular weight is 473 g/mol. The van der Waals surface area contributed by atoms with Crippen molar-refractivity contribution in [1.29, 1.82) is 0 Å². The Morgan fingerprint density at radius 3 is 2.56 bits per heavy atom. The summed E-state index contributed by atoms with van der Waals surface area (Å²) in [6.07, 6.45) is 3.60. The van der Waals surface area contributed by atoms with Gasteiger partial charge in [-0.2, -0.15) is 0 Å². The normalized spacial score (nSPS) is 28.0. The number of likely N-dealkylation sites (N-methyl/N-ethyl adjacent to an activating group) is 1. The quantitative estimate of drug-likeness (QED) is 0.561. The van der Waals surface area contributed by atoms with Crippen LogP contribution in [-0.2, 0) is 25.6 Å². The summed E-state index contributed by atoms with van der Waals surface area (Å²) in [5.74, 6) is -0.0490. The molecular formula is C25H36N4O5. The largest absolute Gasteiger partial charge is 0.489 e. The van der Waals surface area contributed by atoms with E-state index in [1.54, 1.807) is 14.0 Å². The van der Waals surface area contributed by atoms with Gasteiger partial charge in [0.2, 0.25) is 17.7 Å². The first-order valence-corrected chi connectivity index (χ1v) is 12.1. The molecule has 1 aromatic carbocycles. The van der Waals surface area contributed by atoms with Crippen molar-refractivity contribution in [3.8, 4) is 5.75 Å². The molecule has 3 N–H and O–H groups in total. The molecule has 1 heterocycles. The van der Waals surface area contributed by atoms with E-state index in [2.05, 4.69) is 16.0 Å². The van der Waals surface area contributed by atoms with Gasteiger partial charge >= 0.3 is 0 Å². The first kappa shape index (κ1) is 25.7. The third-order valence-corrected chi connectivity index (χ3v) is 6.48. The predicted molar refractivity (Wildman–Crippen MR) is 127 cm³/mol. The number of hydrogen-bond donors (Lipinski definition) is 3. The molecule has 0 unspecified atom stereocenters. The fraction of sp³-hybridized carbons (Fsp3) is 0.600. The van der Waals surface area contributed by atoms with E-state index < -0.39 is 29.9 Å². The number of benzene rings is 1. The van der Waals surface area contributed by atoms with Crippen LogP contribution in [0.1, 0.15) is 45.1 Å². The lowest BCUT2D eigenvalue weighted by Crippen LogP contribution is -2.56. The molecule has 0 saturated heterocycles. The van der Waals surface area contributed by atoms with Crippen molar-refractivity contribution in [3.05, 3.63) is 29.8 Å². The molecule has 9 heteroatoms. The minimum absolute atomic E-state index is 0.136. The van der Waals surface area contributed by atoms with Crippen LogP contribution in [0.2, 0.25) is 0 Å². The van der Waals surface area contributed by atoms with Crippen LogP contribution < -0.4 is 20.7 Å². The van der Waals surface area contributed by atoms with E-state index in [-0.39, 0.29) is 24.3 Å². The van der Waals surface area contributed by atoms with Crippen molar-refractivity contribution >= 4 is 24.0 Å². The second kappa shape index (κ2) is 12.0. The maximum atomic E-state index is 13.3. The molecule has 1 fully saturated rings. The summed E-state index contributed by atoms with van der Waals surface area (Å²) in [7, 11) is 1.59. The molecule has 186 valence electrons. The summed E-state index contributed by atoms with van der Waals surface area (Å²) in [5.41, 5.74) is 1.03. The van der Waals surface area contributed by atoms with Crippen molar-refractivity contribution in [3.63, 3.8) is 0 Å². The molecule has 1 aliphatic carbocycles. The van der Waals surface area contributed by atoms with E-state index in [0.717, 1.165) is 24.2 Å². The molecular weight excluding hydrogens is 436 g/mol. The molecule has 2 aliphatic rings. The molecule has 4 atom stereocenters. The van der Waals surface area contributed by atoms with Crippen molar-refractivity contribution < 1.29 is 23.9 Å². The highest BCUT2D eigenvalue weighted by molar-refractivity contribution is 5.93. The Morgan fingerprint density at radius 1 is 1.12 bits per heavy atom. The van der Waals surface area contributed by atoms with Crippen molar-refractivity contribution in [2.75, 3.05) is 20.1 Å². The zero-order valence-electron chi connectivity index (χ0n) is 20.2. The molecule has 9 nitrogen and oxygen atoms in total. The third kappa shape index (κ3) is 6.79. The number of nitrogens with one attached hydrogen (secondary N) is 3. The van der Waals surface area contributed by atoms with Crippen LogP contribution in [0.5, 0.6) is 5.75 Å². The van der Waals surface area contributed by atoms with Gasteiger partial charge in [-0.1, -0.05) is 18.2 Å². The van der Waals surface area contributed by atoms with Crippen LogP contribution in [-0.4, -0.2) is 73.3 Å². The van der Waals surface area contributed by atoms with E-state index in [4.69, 9.17) is 4.74 Å². The van der Waals surface area contributed by atoms with Crippen LogP contribution in [0.15, 0.2) is 24.3 Å². The first-order valence-electron chi connectivity index (χ1n) is 12.1. The van der Waals surface area contributed by atoms with Gasteiger partial charge in [-0.3, -0.25) is 14.4 Å². The molecule has 34 heavy (non-hydrogen) atoms. The molecule has 0 aromatic heterocycles. The van der Waals surface area contributed by atoms with E-state index in [1.807, 2.05) is 31.2 Å². The molecule has 1 saturated carbocycles. The van der Waals surface area contributed by atoms with Gasteiger partial charge in [0.05, 0.1) is 6.04 Å². The zero-order chi connectivity index (χ0) is 24.7. The highest BCUT2D eigenvalue weighted by Gasteiger charge is 2.39. The molecule has 1 aliphatic heterocycles. The van der Waals surface area contributed by atoms with Crippen LogP contribution in [0.4, 0.5) is 0 Å². The van der Waals surface area contributed by atoms with Gasteiger partial charge in [0.1, 0.15) is 30.2 Å². The highest BCUT2D eigenvalue weighted by atomic mass is 16.5. The highest BCUT2D eigenvalue weighted by Crippen LogP contribution is 2.33. The Morgan fingerprint density at radius 2 is 1.85 bits per heavy atom. The second-order valence-corrected chi connectivity index (χ2v) is 9.24. The Kier molecular flexibility index (Phi) is 9.04. The topological polar surface area (TPSA) is 117 Å². The monoisotopic (exact) mass is 472 g/mol. The Hall–Kier alpha value is -2.94. The number of aldehydes is 1. The second-order valence-electron chi connectivity index (χ2n) is 9.24. The van der Waals surface area contributed by atoms with Crippen LogP contribution in [0.25, 0.3) is 0 Å². The van der Waals surface area contributed by atoms with Crippen molar-refractivity contribution in [2.24, 2.45) is 5.92 Å². The van der Waals surface area contributed by atoms with Gasteiger partial charge in [-0.15, -0.1) is 0 Å². The van der Waals surface area contributed by atoms with Gasteiger partial charge in [0, 0.05) is 26.6 Å². The van der Waals surface area contributed by atoms with Gasteiger partial charge in [-0.05, 0) is 57.1 Å². The molecule has 1 aromatic rings. The summed E-state index contributed by atoms with van der Waals surface area (Å²) >= 11 is 0. The lowest BCUT2D eigenvalue weighted by molar-refractivity contribution is -0.141. The van der Waals surface area contributed by atoms with Gasteiger partial charge in [0.25, 0.3) is 0 Å². The number of ether oxygens (including phenoxy) is 1. The fourth-order valence-electron chi connectivity index (χ4n) is 4.08. The summed E-state index contributed by atoms with van der Waals surface area (Å²) < 4.78 is 6.18. The fourth-order valence-corrected chi connectivity index (χ4v) is 4.08. The summed E-state index contributed by atoms with van der Waals surface area (Å²) in [4.78, 5) is 51.3. The van der Waals surface area contributed by atoms with Gasteiger partial charge in [0.15, 0.2) is 0 Å². The Balaban J connectivity index is 1.81. The zero-order valence-corrected chi connectivity index (χ0v) is 20.2. The van der Waals surface area contributed by atoms with Gasteiger partial charge in [-0.25, -0.2) is 0 Å². The minimum Gasteiger partial charge on any atom is -0.489 e. The molecule has 3 amide bonds. The number of carbonyl (C=O) groups is 4. The van der Waals surface area contributed by atoms with E-state index in [9.17, 15) is 19.2 Å². The van der Waals surface area contributed by atoms with Crippen LogP contribution in [0.3, 0.4) is 0 Å². The standard InChI is InChI=1S/C25H36N4O5/c1-16-15-27-22(19-10-11-19)25(33)29(3)17(2)23(31)28-20(12-14-30)24(32)26-13-6-8-18-7-4-5-9-21(18)34-16/h4-5,7,9,14,16-17,19-20,22,27H,6,8,10-13,15H2,1-3H3,(H,26,32)(H,28,31)/t16-,17-,20-,22+/m1/s1. The van der Waals surface area contributed by atoms with E-state index in [0.29, 0.717) is 32.2 Å². The SMILES string of the molecule is C[C@@H]1CN[C@@H](C2CC2)C(=O)N(C)[C@H](C)C(=O)N[C@H](CC=O)C(=O)NCCCc2ccccc2O1. The van der Waals surface area contributed by atoms with Crippen LogP contribution >= 0.6 is 0 Å². The number of para-hydroxylation sites is 1. The third-order valence-electron chi connectivity index (χ3n) is 6.48. The van der Waals surface area contributed by atoms with E-state index in [1.165, 1.54) is 4.90 Å².